The van der Waals surface area contributed by atoms with Gasteiger partial charge in [0.25, 0.3) is 0 Å². The van der Waals surface area contributed by atoms with Crippen molar-refractivity contribution in [2.45, 2.75) is 19.5 Å². The molecule has 2 aromatic carbocycles. The van der Waals surface area contributed by atoms with Crippen LogP contribution >= 0.6 is 11.3 Å². The fourth-order valence-electron chi connectivity index (χ4n) is 3.78. The molecule has 1 fully saturated rings. The summed E-state index contributed by atoms with van der Waals surface area (Å²) in [5.41, 5.74) is 2.61. The number of carbonyl (C=O) groups excluding carboxylic acids is 1. The van der Waals surface area contributed by atoms with Gasteiger partial charge in [-0.1, -0.05) is 24.3 Å². The third-order valence-corrected chi connectivity index (χ3v) is 6.56. The second-order valence-corrected chi connectivity index (χ2v) is 8.34. The number of benzene rings is 2. The minimum Gasteiger partial charge on any atom is -0.325 e. The zero-order valence-corrected chi connectivity index (χ0v) is 17.3. The Kier molecular flexibility index (Phi) is 5.91. The number of hydrogen-bond acceptors (Lipinski definition) is 5. The lowest BCUT2D eigenvalue weighted by atomic mass is 10.1. The van der Waals surface area contributed by atoms with Crippen LogP contribution in [0.1, 0.15) is 18.1 Å². The van der Waals surface area contributed by atoms with Gasteiger partial charge >= 0.3 is 0 Å². The zero-order valence-electron chi connectivity index (χ0n) is 16.5. The van der Waals surface area contributed by atoms with Crippen molar-refractivity contribution in [3.05, 3.63) is 65.0 Å². The molecule has 148 valence electrons. The summed E-state index contributed by atoms with van der Waals surface area (Å²) < 4.78 is 1.34. The summed E-state index contributed by atoms with van der Waals surface area (Å²) in [7, 11) is 0. The number of anilines is 1. The van der Waals surface area contributed by atoms with Crippen molar-refractivity contribution in [2.75, 3.05) is 31.5 Å². The maximum absolute atomic E-state index is 12.6. The minimum atomic E-state index is -0.204. The molecule has 2 heterocycles. The molecule has 0 spiro atoms. The van der Waals surface area contributed by atoms with Crippen LogP contribution in [0.25, 0.3) is 10.1 Å². The summed E-state index contributed by atoms with van der Waals surface area (Å²) in [5, 5.41) is 15.6. The summed E-state index contributed by atoms with van der Waals surface area (Å²) in [4.78, 5) is 17.3. The second-order valence-electron chi connectivity index (χ2n) is 7.43. The summed E-state index contributed by atoms with van der Waals surface area (Å²) in [5.74, 6) is -0.0302. The van der Waals surface area contributed by atoms with Gasteiger partial charge in [-0.05, 0) is 47.5 Å². The summed E-state index contributed by atoms with van der Waals surface area (Å²) in [6.07, 6.45) is 0. The van der Waals surface area contributed by atoms with Gasteiger partial charge < -0.3 is 5.32 Å². The first-order valence-electron chi connectivity index (χ1n) is 9.86. The molecule has 1 amide bonds. The summed E-state index contributed by atoms with van der Waals surface area (Å²) >= 11 is 1.81. The fourth-order valence-corrected chi connectivity index (χ4v) is 4.74. The van der Waals surface area contributed by atoms with E-state index >= 15 is 0 Å². The van der Waals surface area contributed by atoms with Gasteiger partial charge in [0.05, 0.1) is 17.7 Å². The molecule has 1 atom stereocenters. The van der Waals surface area contributed by atoms with Gasteiger partial charge in [0.15, 0.2) is 0 Å². The third kappa shape index (κ3) is 4.48. The van der Waals surface area contributed by atoms with E-state index in [1.54, 1.807) is 29.5 Å². The van der Waals surface area contributed by atoms with Crippen molar-refractivity contribution in [3.63, 3.8) is 0 Å². The minimum absolute atomic E-state index is 0.0302. The summed E-state index contributed by atoms with van der Waals surface area (Å²) in [6, 6.07) is 17.5. The number of piperazine rings is 1. The van der Waals surface area contributed by atoms with Gasteiger partial charge in [0.1, 0.15) is 0 Å². The first-order valence-corrected chi connectivity index (χ1v) is 10.7. The molecule has 1 saturated heterocycles. The average Bonchev–Trinajstić information content (AvgIpc) is 3.17. The first kappa shape index (κ1) is 19.6. The highest BCUT2D eigenvalue weighted by atomic mass is 32.1. The molecule has 1 aliphatic heterocycles. The van der Waals surface area contributed by atoms with Crippen LogP contribution in [0.3, 0.4) is 0 Å². The van der Waals surface area contributed by atoms with E-state index in [9.17, 15) is 4.79 Å². The first-order chi connectivity index (χ1) is 14.1. The topological polar surface area (TPSA) is 59.4 Å². The molecule has 3 aromatic rings. The SMILES string of the molecule is CC(C(=O)Nc1cccc(C#N)c1)N1CCN(Cc2csc3ccccc23)CC1. The molecule has 0 aliphatic carbocycles. The Balaban J connectivity index is 1.31. The predicted octanol–water partition coefficient (Wildman–Crippen LogP) is 3.92. The molecule has 1 aliphatic rings. The highest BCUT2D eigenvalue weighted by molar-refractivity contribution is 7.17. The van der Waals surface area contributed by atoms with E-state index in [1.165, 1.54) is 15.6 Å². The molecule has 4 rings (SSSR count). The highest BCUT2D eigenvalue weighted by Gasteiger charge is 2.26. The lowest BCUT2D eigenvalue weighted by Gasteiger charge is -2.37. The average molecular weight is 405 g/mol. The van der Waals surface area contributed by atoms with E-state index < -0.39 is 0 Å². The van der Waals surface area contributed by atoms with Crippen molar-refractivity contribution in [3.8, 4) is 6.07 Å². The largest absolute Gasteiger partial charge is 0.325 e. The number of nitriles is 1. The van der Waals surface area contributed by atoms with Crippen LogP contribution < -0.4 is 5.32 Å². The van der Waals surface area contributed by atoms with Gasteiger partial charge in [-0.25, -0.2) is 0 Å². The number of nitrogens with one attached hydrogen (secondary N) is 1. The van der Waals surface area contributed by atoms with Crippen LogP contribution in [-0.4, -0.2) is 47.9 Å². The molecule has 1 N–H and O–H groups in total. The van der Waals surface area contributed by atoms with Crippen molar-refractivity contribution >= 4 is 33.0 Å². The standard InChI is InChI=1S/C23H24N4OS/c1-17(23(28)25-20-6-4-5-18(13-20)14-24)27-11-9-26(10-12-27)15-19-16-29-22-8-3-2-7-21(19)22/h2-8,13,16-17H,9-12,15H2,1H3,(H,25,28). The smallest absolute Gasteiger partial charge is 0.241 e. The van der Waals surface area contributed by atoms with Gasteiger partial charge in [-0.2, -0.15) is 5.26 Å². The number of nitrogens with zero attached hydrogens (tertiary/aromatic N) is 3. The maximum Gasteiger partial charge on any atom is 0.241 e. The van der Waals surface area contributed by atoms with Gasteiger partial charge in [-0.3, -0.25) is 14.6 Å². The second kappa shape index (κ2) is 8.75. The maximum atomic E-state index is 12.6. The number of amides is 1. The van der Waals surface area contributed by atoms with Crippen LogP contribution in [0.4, 0.5) is 5.69 Å². The van der Waals surface area contributed by atoms with E-state index in [4.69, 9.17) is 5.26 Å². The van der Waals surface area contributed by atoms with Gasteiger partial charge in [0, 0.05) is 43.1 Å². The molecule has 6 heteroatoms. The normalized spacial score (nSPS) is 16.4. The van der Waals surface area contributed by atoms with Crippen LogP contribution in [0, 0.1) is 11.3 Å². The molecule has 29 heavy (non-hydrogen) atoms. The molecule has 5 nitrogen and oxygen atoms in total. The lowest BCUT2D eigenvalue weighted by molar-refractivity contribution is -0.121. The van der Waals surface area contributed by atoms with Crippen LogP contribution in [0.15, 0.2) is 53.9 Å². The van der Waals surface area contributed by atoms with E-state index in [0.29, 0.717) is 11.3 Å². The predicted molar refractivity (Wildman–Crippen MR) is 118 cm³/mol. The Hall–Kier alpha value is -2.72. The molecule has 0 saturated carbocycles. The zero-order chi connectivity index (χ0) is 20.2. The monoisotopic (exact) mass is 404 g/mol. The quantitative estimate of drug-likeness (QED) is 0.700. The molecule has 1 unspecified atom stereocenters. The van der Waals surface area contributed by atoms with Crippen LogP contribution in [0.5, 0.6) is 0 Å². The molecule has 0 radical (unpaired) electrons. The summed E-state index contributed by atoms with van der Waals surface area (Å²) in [6.45, 7) is 6.55. The molecular weight excluding hydrogens is 380 g/mol. The molecule has 1 aromatic heterocycles. The number of rotatable bonds is 5. The Bertz CT molecular complexity index is 1050. The third-order valence-electron chi connectivity index (χ3n) is 5.55. The Morgan fingerprint density at radius 2 is 1.97 bits per heavy atom. The number of fused-ring (bicyclic) bond motifs is 1. The van der Waals surface area contributed by atoms with Crippen molar-refractivity contribution in [1.29, 1.82) is 5.26 Å². The molecule has 0 bridgehead atoms. The Morgan fingerprint density at radius 3 is 2.76 bits per heavy atom. The van der Waals surface area contributed by atoms with E-state index in [-0.39, 0.29) is 11.9 Å². The van der Waals surface area contributed by atoms with E-state index in [1.807, 2.05) is 13.0 Å². The highest BCUT2D eigenvalue weighted by Crippen LogP contribution is 2.27. The van der Waals surface area contributed by atoms with E-state index in [0.717, 1.165) is 32.7 Å². The number of hydrogen-bond donors (Lipinski definition) is 1. The van der Waals surface area contributed by atoms with Crippen LogP contribution in [-0.2, 0) is 11.3 Å². The fraction of sp³-hybridized carbons (Fsp3) is 0.304. The Morgan fingerprint density at radius 1 is 1.17 bits per heavy atom. The van der Waals surface area contributed by atoms with Gasteiger partial charge in [0.2, 0.25) is 5.91 Å². The molecular formula is C23H24N4OS. The number of thiophene rings is 1. The van der Waals surface area contributed by atoms with Crippen molar-refractivity contribution < 1.29 is 4.79 Å². The van der Waals surface area contributed by atoms with Crippen LogP contribution in [0.2, 0.25) is 0 Å². The lowest BCUT2D eigenvalue weighted by Crippen LogP contribution is -2.52. The number of carbonyl (C=O) groups is 1. The van der Waals surface area contributed by atoms with Gasteiger partial charge in [-0.15, -0.1) is 11.3 Å². The Labute approximate surface area is 175 Å². The van der Waals surface area contributed by atoms with E-state index in [2.05, 4.69) is 50.8 Å². The van der Waals surface area contributed by atoms with Crippen molar-refractivity contribution in [2.24, 2.45) is 0 Å². The van der Waals surface area contributed by atoms with Crippen molar-refractivity contribution in [1.82, 2.24) is 9.80 Å².